The number of ether oxygens (including phenoxy) is 1. The summed E-state index contributed by atoms with van der Waals surface area (Å²) < 4.78 is 5.66. The summed E-state index contributed by atoms with van der Waals surface area (Å²) in [6.45, 7) is 4.79. The molecule has 98 valence electrons. The largest absolute Gasteiger partial charge is 0.494 e. The van der Waals surface area contributed by atoms with Gasteiger partial charge in [0, 0.05) is 32.0 Å². The van der Waals surface area contributed by atoms with E-state index in [1.165, 1.54) is 0 Å². The van der Waals surface area contributed by atoms with Gasteiger partial charge in [-0.15, -0.1) is 0 Å². The fourth-order valence-electron chi connectivity index (χ4n) is 2.36. The summed E-state index contributed by atoms with van der Waals surface area (Å²) in [5, 5.41) is 0. The summed E-state index contributed by atoms with van der Waals surface area (Å²) in [5.41, 5.74) is 0. The van der Waals surface area contributed by atoms with Crippen molar-refractivity contribution >= 4 is 5.78 Å². The lowest BCUT2D eigenvalue weighted by molar-refractivity contribution is -0.122. The summed E-state index contributed by atoms with van der Waals surface area (Å²) in [7, 11) is 0. The maximum Gasteiger partial charge on any atom is 0.135 e. The predicted octanol–water partition coefficient (Wildman–Crippen LogP) is 2.51. The molecule has 1 aliphatic rings. The molecule has 1 atom stereocenters. The van der Waals surface area contributed by atoms with E-state index in [4.69, 9.17) is 4.74 Å². The van der Waals surface area contributed by atoms with Gasteiger partial charge in [-0.3, -0.25) is 9.69 Å². The van der Waals surface area contributed by atoms with Gasteiger partial charge in [-0.2, -0.15) is 0 Å². The third-order valence-corrected chi connectivity index (χ3v) is 3.43. The Morgan fingerprint density at radius 1 is 1.33 bits per heavy atom. The van der Waals surface area contributed by atoms with Crippen LogP contribution in [-0.2, 0) is 4.79 Å². The zero-order chi connectivity index (χ0) is 12.8. The number of hydrogen-bond donors (Lipinski definition) is 0. The van der Waals surface area contributed by atoms with Crippen molar-refractivity contribution in [2.75, 3.05) is 19.7 Å². The Balaban J connectivity index is 1.65. The third-order valence-electron chi connectivity index (χ3n) is 3.43. The quantitative estimate of drug-likeness (QED) is 0.749. The van der Waals surface area contributed by atoms with Crippen LogP contribution in [0.1, 0.15) is 26.2 Å². The number of carbonyl (C=O) groups excluding carboxylic acids is 1. The first kappa shape index (κ1) is 13.1. The maximum absolute atomic E-state index is 11.3. The second-order valence-corrected chi connectivity index (χ2v) is 4.89. The van der Waals surface area contributed by atoms with Crippen LogP contribution in [0, 0.1) is 0 Å². The van der Waals surface area contributed by atoms with Crippen molar-refractivity contribution in [1.82, 2.24) is 4.90 Å². The van der Waals surface area contributed by atoms with E-state index < -0.39 is 0 Å². The number of benzene rings is 1. The van der Waals surface area contributed by atoms with Crippen LogP contribution >= 0.6 is 0 Å². The lowest BCUT2D eigenvalue weighted by atomic mass is 10.0. The molecule has 3 nitrogen and oxygen atoms in total. The fraction of sp³-hybridized carbons (Fsp3) is 0.533. The minimum Gasteiger partial charge on any atom is -0.494 e. The highest BCUT2D eigenvalue weighted by Gasteiger charge is 2.22. The van der Waals surface area contributed by atoms with Crippen LogP contribution in [0.5, 0.6) is 5.75 Å². The van der Waals surface area contributed by atoms with Gasteiger partial charge in [-0.25, -0.2) is 0 Å². The molecule has 1 aromatic rings. The van der Waals surface area contributed by atoms with E-state index >= 15 is 0 Å². The lowest BCUT2D eigenvalue weighted by Crippen LogP contribution is -2.41. The number of Topliss-reactive ketones (excluding diaryl/α,β-unsaturated/α-hetero) is 1. The molecule has 1 saturated heterocycles. The lowest BCUT2D eigenvalue weighted by Gasteiger charge is -2.32. The zero-order valence-electron chi connectivity index (χ0n) is 11.0. The SMILES string of the molecule is CC1CC(=O)CCN1CCCOc1ccccc1. The number of rotatable bonds is 5. The normalized spacial score (nSPS) is 20.9. The Hall–Kier alpha value is -1.35. The van der Waals surface area contributed by atoms with E-state index in [0.717, 1.165) is 31.9 Å². The Kier molecular flexibility index (Phi) is 4.76. The standard InChI is InChI=1S/C15H21NO2/c1-13-12-14(17)8-10-16(13)9-5-11-18-15-6-3-2-4-7-15/h2-4,6-7,13H,5,8-12H2,1H3. The average molecular weight is 247 g/mol. The van der Waals surface area contributed by atoms with Crippen molar-refractivity contribution in [3.8, 4) is 5.75 Å². The highest BCUT2D eigenvalue weighted by molar-refractivity contribution is 5.79. The molecule has 2 rings (SSSR count). The summed E-state index contributed by atoms with van der Waals surface area (Å²) in [5.74, 6) is 1.33. The molecule has 0 amide bonds. The van der Waals surface area contributed by atoms with Gasteiger partial charge in [0.2, 0.25) is 0 Å². The summed E-state index contributed by atoms with van der Waals surface area (Å²) in [6, 6.07) is 10.3. The van der Waals surface area contributed by atoms with Crippen LogP contribution < -0.4 is 4.74 Å². The Labute approximate surface area is 109 Å². The van der Waals surface area contributed by atoms with E-state index in [0.29, 0.717) is 24.7 Å². The van der Waals surface area contributed by atoms with E-state index in [-0.39, 0.29) is 0 Å². The van der Waals surface area contributed by atoms with Crippen LogP contribution in [0.4, 0.5) is 0 Å². The van der Waals surface area contributed by atoms with Gasteiger partial charge in [0.25, 0.3) is 0 Å². The third kappa shape index (κ3) is 3.84. The van der Waals surface area contributed by atoms with Crippen molar-refractivity contribution in [1.29, 1.82) is 0 Å². The molecular formula is C15H21NO2. The summed E-state index contributed by atoms with van der Waals surface area (Å²) >= 11 is 0. The number of hydrogen-bond acceptors (Lipinski definition) is 3. The predicted molar refractivity (Wildman–Crippen MR) is 71.8 cm³/mol. The molecule has 18 heavy (non-hydrogen) atoms. The molecular weight excluding hydrogens is 226 g/mol. The second-order valence-electron chi connectivity index (χ2n) is 4.89. The molecule has 1 fully saturated rings. The second kappa shape index (κ2) is 6.55. The number of nitrogens with zero attached hydrogens (tertiary/aromatic N) is 1. The van der Waals surface area contributed by atoms with E-state index in [2.05, 4.69) is 11.8 Å². The summed E-state index contributed by atoms with van der Waals surface area (Å²) in [4.78, 5) is 13.7. The number of piperidine rings is 1. The maximum atomic E-state index is 11.3. The molecule has 1 aliphatic heterocycles. The van der Waals surface area contributed by atoms with Crippen LogP contribution in [0.25, 0.3) is 0 Å². The number of para-hydroxylation sites is 1. The van der Waals surface area contributed by atoms with Crippen LogP contribution in [-0.4, -0.2) is 36.4 Å². The molecule has 3 heteroatoms. The topological polar surface area (TPSA) is 29.5 Å². The molecule has 1 unspecified atom stereocenters. The Morgan fingerprint density at radius 3 is 2.83 bits per heavy atom. The molecule has 0 aliphatic carbocycles. The van der Waals surface area contributed by atoms with E-state index in [1.54, 1.807) is 0 Å². The molecule has 0 spiro atoms. The average Bonchev–Trinajstić information content (AvgIpc) is 2.38. The first-order valence-corrected chi connectivity index (χ1v) is 6.69. The number of likely N-dealkylation sites (tertiary alicyclic amines) is 1. The Morgan fingerprint density at radius 2 is 2.11 bits per heavy atom. The molecule has 1 aromatic carbocycles. The molecule has 0 aromatic heterocycles. The van der Waals surface area contributed by atoms with Crippen molar-refractivity contribution in [3.05, 3.63) is 30.3 Å². The fourth-order valence-corrected chi connectivity index (χ4v) is 2.36. The van der Waals surface area contributed by atoms with Gasteiger partial charge in [0.1, 0.15) is 11.5 Å². The van der Waals surface area contributed by atoms with Gasteiger partial charge in [-0.05, 0) is 25.5 Å². The first-order valence-electron chi connectivity index (χ1n) is 6.69. The molecule has 1 heterocycles. The van der Waals surface area contributed by atoms with Crippen molar-refractivity contribution in [3.63, 3.8) is 0 Å². The van der Waals surface area contributed by atoms with Crippen molar-refractivity contribution in [2.24, 2.45) is 0 Å². The molecule has 0 N–H and O–H groups in total. The van der Waals surface area contributed by atoms with Crippen LogP contribution in [0.15, 0.2) is 30.3 Å². The number of ketones is 1. The summed E-state index contributed by atoms with van der Waals surface area (Å²) in [6.07, 6.45) is 2.43. The first-order chi connectivity index (χ1) is 8.75. The van der Waals surface area contributed by atoms with E-state index in [9.17, 15) is 4.79 Å². The smallest absolute Gasteiger partial charge is 0.135 e. The van der Waals surface area contributed by atoms with Gasteiger partial charge in [-0.1, -0.05) is 18.2 Å². The molecule has 0 bridgehead atoms. The highest BCUT2D eigenvalue weighted by Crippen LogP contribution is 2.14. The van der Waals surface area contributed by atoms with Gasteiger partial charge >= 0.3 is 0 Å². The van der Waals surface area contributed by atoms with Gasteiger partial charge < -0.3 is 4.74 Å². The van der Waals surface area contributed by atoms with Crippen molar-refractivity contribution in [2.45, 2.75) is 32.2 Å². The molecule has 0 saturated carbocycles. The van der Waals surface area contributed by atoms with Crippen LogP contribution in [0.2, 0.25) is 0 Å². The highest BCUT2D eigenvalue weighted by atomic mass is 16.5. The Bertz CT molecular complexity index is 377. The number of carbonyl (C=O) groups is 1. The molecule has 0 radical (unpaired) electrons. The van der Waals surface area contributed by atoms with Gasteiger partial charge in [0.15, 0.2) is 0 Å². The monoisotopic (exact) mass is 247 g/mol. The van der Waals surface area contributed by atoms with Crippen molar-refractivity contribution < 1.29 is 9.53 Å². The minimum atomic E-state index is 0.392. The van der Waals surface area contributed by atoms with E-state index in [1.807, 2.05) is 30.3 Å². The van der Waals surface area contributed by atoms with Gasteiger partial charge in [0.05, 0.1) is 6.61 Å². The van der Waals surface area contributed by atoms with Crippen LogP contribution in [0.3, 0.4) is 0 Å². The minimum absolute atomic E-state index is 0.392. The zero-order valence-corrected chi connectivity index (χ0v) is 11.0.